The van der Waals surface area contributed by atoms with Crippen molar-refractivity contribution in [2.45, 2.75) is 38.8 Å². The minimum Gasteiger partial charge on any atom is -0.491 e. The molecule has 148 valence electrons. The summed E-state index contributed by atoms with van der Waals surface area (Å²) in [6.07, 6.45) is 1.89. The fraction of sp³-hybridized carbons (Fsp3) is 0.364. The molecule has 1 unspecified atom stereocenters. The number of carbonyl (C=O) groups excluding carboxylic acids is 2. The maximum atomic E-state index is 12.9. The molecule has 1 aliphatic heterocycles. The van der Waals surface area contributed by atoms with Crippen molar-refractivity contribution in [1.82, 2.24) is 10.2 Å². The van der Waals surface area contributed by atoms with Gasteiger partial charge < -0.3 is 15.0 Å². The zero-order chi connectivity index (χ0) is 20.1. The normalized spacial score (nSPS) is 16.3. The molecule has 0 saturated carbocycles. The van der Waals surface area contributed by atoms with Gasteiger partial charge in [-0.1, -0.05) is 12.1 Å². The Hall–Kier alpha value is -2.34. The molecule has 5 nitrogen and oxygen atoms in total. The summed E-state index contributed by atoms with van der Waals surface area (Å²) < 4.78 is 6.72. The average Bonchev–Trinajstić information content (AvgIpc) is 3.14. The summed E-state index contributed by atoms with van der Waals surface area (Å²) in [7, 11) is 0. The summed E-state index contributed by atoms with van der Waals surface area (Å²) in [5.41, 5.74) is 1.28. The van der Waals surface area contributed by atoms with Gasteiger partial charge in [0, 0.05) is 22.6 Å². The molecule has 1 N–H and O–H groups in total. The molecule has 3 rings (SSSR count). The number of likely N-dealkylation sites (tertiary alicyclic amines) is 1. The average molecular weight is 445 g/mol. The van der Waals surface area contributed by atoms with Crippen molar-refractivity contribution in [3.8, 4) is 5.75 Å². The summed E-state index contributed by atoms with van der Waals surface area (Å²) in [5.74, 6) is 0.628. The van der Waals surface area contributed by atoms with Crippen molar-refractivity contribution in [2.75, 3.05) is 13.2 Å². The number of halogens is 1. The van der Waals surface area contributed by atoms with E-state index in [0.717, 1.165) is 23.9 Å². The van der Waals surface area contributed by atoms with Gasteiger partial charge in [0.1, 0.15) is 12.4 Å². The van der Waals surface area contributed by atoms with Gasteiger partial charge in [0.15, 0.2) is 0 Å². The van der Waals surface area contributed by atoms with Crippen LogP contribution in [0.15, 0.2) is 53.0 Å². The number of benzene rings is 2. The van der Waals surface area contributed by atoms with Crippen LogP contribution >= 0.6 is 15.9 Å². The standard InChI is InChI=1S/C22H25BrN2O3/c1-15(2)24-21(26)16-9-11-18(12-10-16)28-14-17-6-5-13-25(17)22(27)19-7-3-4-8-20(19)23/h3-4,7-12,15,17H,5-6,13-14H2,1-2H3,(H,24,26). The van der Waals surface area contributed by atoms with Crippen molar-refractivity contribution in [3.05, 3.63) is 64.1 Å². The van der Waals surface area contributed by atoms with Crippen LogP contribution < -0.4 is 10.1 Å². The lowest BCUT2D eigenvalue weighted by Gasteiger charge is -2.25. The van der Waals surface area contributed by atoms with E-state index in [1.165, 1.54) is 0 Å². The fourth-order valence-corrected chi connectivity index (χ4v) is 3.76. The zero-order valence-corrected chi connectivity index (χ0v) is 17.7. The number of carbonyl (C=O) groups is 2. The maximum absolute atomic E-state index is 12.9. The summed E-state index contributed by atoms with van der Waals surface area (Å²) in [6.45, 7) is 5.03. The first-order valence-corrected chi connectivity index (χ1v) is 10.3. The van der Waals surface area contributed by atoms with E-state index in [2.05, 4.69) is 21.2 Å². The molecule has 2 aromatic rings. The van der Waals surface area contributed by atoms with E-state index in [0.29, 0.717) is 23.5 Å². The van der Waals surface area contributed by atoms with E-state index in [1.807, 2.05) is 43.0 Å². The number of hydrogen-bond acceptors (Lipinski definition) is 3. The molecule has 1 atom stereocenters. The number of amides is 2. The molecule has 0 bridgehead atoms. The molecule has 2 aromatic carbocycles. The van der Waals surface area contributed by atoms with Crippen LogP contribution in [-0.4, -0.2) is 41.9 Å². The molecular weight excluding hydrogens is 420 g/mol. The van der Waals surface area contributed by atoms with Gasteiger partial charge in [-0.25, -0.2) is 0 Å². The Morgan fingerprint density at radius 2 is 1.89 bits per heavy atom. The first kappa shape index (κ1) is 20.4. The lowest BCUT2D eigenvalue weighted by Crippen LogP contribution is -2.39. The van der Waals surface area contributed by atoms with Crippen LogP contribution in [0.3, 0.4) is 0 Å². The lowest BCUT2D eigenvalue weighted by atomic mass is 10.1. The molecule has 1 aliphatic rings. The molecule has 1 heterocycles. The Kier molecular flexibility index (Phi) is 6.73. The fourth-order valence-electron chi connectivity index (χ4n) is 3.31. The van der Waals surface area contributed by atoms with E-state index in [1.54, 1.807) is 24.3 Å². The first-order chi connectivity index (χ1) is 13.5. The van der Waals surface area contributed by atoms with Crippen LogP contribution in [0.4, 0.5) is 0 Å². The van der Waals surface area contributed by atoms with Gasteiger partial charge in [0.2, 0.25) is 0 Å². The molecule has 1 fully saturated rings. The minimum absolute atomic E-state index is 0.0271. The summed E-state index contributed by atoms with van der Waals surface area (Å²) in [4.78, 5) is 26.8. The SMILES string of the molecule is CC(C)NC(=O)c1ccc(OCC2CCCN2C(=O)c2ccccc2Br)cc1. The van der Waals surface area contributed by atoms with Crippen LogP contribution in [0.25, 0.3) is 0 Å². The number of nitrogens with one attached hydrogen (secondary N) is 1. The highest BCUT2D eigenvalue weighted by Gasteiger charge is 2.30. The van der Waals surface area contributed by atoms with E-state index < -0.39 is 0 Å². The van der Waals surface area contributed by atoms with Gasteiger partial charge >= 0.3 is 0 Å². The van der Waals surface area contributed by atoms with Crippen LogP contribution in [0.2, 0.25) is 0 Å². The predicted molar refractivity (Wildman–Crippen MR) is 113 cm³/mol. The zero-order valence-electron chi connectivity index (χ0n) is 16.2. The minimum atomic E-state index is -0.0949. The van der Waals surface area contributed by atoms with E-state index >= 15 is 0 Å². The smallest absolute Gasteiger partial charge is 0.255 e. The van der Waals surface area contributed by atoms with Gasteiger partial charge in [0.05, 0.1) is 11.6 Å². The van der Waals surface area contributed by atoms with E-state index in [9.17, 15) is 9.59 Å². The quantitative estimate of drug-likeness (QED) is 0.723. The predicted octanol–water partition coefficient (Wildman–Crippen LogP) is 4.27. The summed E-state index contributed by atoms with van der Waals surface area (Å²) in [5, 5.41) is 2.87. The number of ether oxygens (including phenoxy) is 1. The van der Waals surface area contributed by atoms with Gasteiger partial charge in [0.25, 0.3) is 11.8 Å². The Balaban J connectivity index is 1.60. The third-order valence-corrected chi connectivity index (χ3v) is 5.41. The summed E-state index contributed by atoms with van der Waals surface area (Å²) >= 11 is 3.46. The topological polar surface area (TPSA) is 58.6 Å². The van der Waals surface area contributed by atoms with Crippen molar-refractivity contribution >= 4 is 27.7 Å². The number of nitrogens with zero attached hydrogens (tertiary/aromatic N) is 1. The number of hydrogen-bond donors (Lipinski definition) is 1. The van der Waals surface area contributed by atoms with Gasteiger partial charge in [-0.05, 0) is 79.0 Å². The van der Waals surface area contributed by atoms with E-state index in [-0.39, 0.29) is 23.9 Å². The Bertz CT molecular complexity index is 836. The molecular formula is C22H25BrN2O3. The van der Waals surface area contributed by atoms with Crippen LogP contribution in [0, 0.1) is 0 Å². The maximum Gasteiger partial charge on any atom is 0.255 e. The van der Waals surface area contributed by atoms with E-state index in [4.69, 9.17) is 4.74 Å². The van der Waals surface area contributed by atoms with Crippen molar-refractivity contribution < 1.29 is 14.3 Å². The van der Waals surface area contributed by atoms with Crippen molar-refractivity contribution in [1.29, 1.82) is 0 Å². The van der Waals surface area contributed by atoms with Gasteiger partial charge in [-0.3, -0.25) is 9.59 Å². The second-order valence-corrected chi connectivity index (χ2v) is 8.09. The monoisotopic (exact) mass is 444 g/mol. The molecule has 1 saturated heterocycles. The van der Waals surface area contributed by atoms with Crippen LogP contribution in [0.1, 0.15) is 47.4 Å². The molecule has 0 spiro atoms. The van der Waals surface area contributed by atoms with Crippen molar-refractivity contribution in [2.24, 2.45) is 0 Å². The third kappa shape index (κ3) is 4.93. The Morgan fingerprint density at radius 1 is 1.18 bits per heavy atom. The first-order valence-electron chi connectivity index (χ1n) is 9.55. The highest BCUT2D eigenvalue weighted by Crippen LogP contribution is 2.25. The van der Waals surface area contributed by atoms with Crippen LogP contribution in [0.5, 0.6) is 5.75 Å². The Labute approximate surface area is 174 Å². The molecule has 28 heavy (non-hydrogen) atoms. The largest absolute Gasteiger partial charge is 0.491 e. The van der Waals surface area contributed by atoms with Gasteiger partial charge in [-0.15, -0.1) is 0 Å². The summed E-state index contributed by atoms with van der Waals surface area (Å²) in [6, 6.07) is 14.7. The van der Waals surface area contributed by atoms with Crippen molar-refractivity contribution in [3.63, 3.8) is 0 Å². The highest BCUT2D eigenvalue weighted by atomic mass is 79.9. The van der Waals surface area contributed by atoms with Gasteiger partial charge in [-0.2, -0.15) is 0 Å². The second-order valence-electron chi connectivity index (χ2n) is 7.24. The molecule has 6 heteroatoms. The van der Waals surface area contributed by atoms with Crippen LogP contribution in [-0.2, 0) is 0 Å². The third-order valence-electron chi connectivity index (χ3n) is 4.72. The second kappa shape index (κ2) is 9.24. The highest BCUT2D eigenvalue weighted by molar-refractivity contribution is 9.10. The lowest BCUT2D eigenvalue weighted by molar-refractivity contribution is 0.0690. The molecule has 0 aliphatic carbocycles. The Morgan fingerprint density at radius 3 is 2.57 bits per heavy atom. The molecule has 0 radical (unpaired) electrons. The molecule has 0 aromatic heterocycles. The molecule has 2 amide bonds. The number of rotatable bonds is 6.